The molecule has 112 valence electrons. The molecule has 0 aliphatic rings. The smallest absolute Gasteiger partial charge is 0.237 e. The summed E-state index contributed by atoms with van der Waals surface area (Å²) < 4.78 is 13.6. The molecule has 0 aliphatic heterocycles. The number of amides is 1. The van der Waals surface area contributed by atoms with Crippen LogP contribution in [0.15, 0.2) is 18.2 Å². The summed E-state index contributed by atoms with van der Waals surface area (Å²) in [6.45, 7) is 11.3. The number of carbonyl (C=O) groups is 1. The van der Waals surface area contributed by atoms with Gasteiger partial charge < -0.3 is 5.32 Å². The molecule has 1 rings (SSSR count). The summed E-state index contributed by atoms with van der Waals surface area (Å²) in [4.78, 5) is 12.0. The molecule has 0 saturated heterocycles. The Kier molecular flexibility index (Phi) is 5.28. The monoisotopic (exact) mass is 280 g/mol. The number of aryl methyl sites for hydroxylation is 1. The number of hydrogen-bond donors (Lipinski definition) is 2. The van der Waals surface area contributed by atoms with Gasteiger partial charge in [0.05, 0.1) is 6.04 Å². The molecule has 2 unspecified atom stereocenters. The van der Waals surface area contributed by atoms with Gasteiger partial charge in [-0.2, -0.15) is 0 Å². The fraction of sp³-hybridized carbons (Fsp3) is 0.562. The van der Waals surface area contributed by atoms with Crippen molar-refractivity contribution in [3.63, 3.8) is 0 Å². The van der Waals surface area contributed by atoms with E-state index in [9.17, 15) is 9.18 Å². The van der Waals surface area contributed by atoms with Crippen molar-refractivity contribution in [1.29, 1.82) is 0 Å². The van der Waals surface area contributed by atoms with Gasteiger partial charge in [-0.15, -0.1) is 0 Å². The van der Waals surface area contributed by atoms with Crippen LogP contribution in [0.2, 0.25) is 0 Å². The van der Waals surface area contributed by atoms with Crippen molar-refractivity contribution >= 4 is 5.91 Å². The lowest BCUT2D eigenvalue weighted by atomic mass is 10.0. The maximum atomic E-state index is 13.6. The van der Waals surface area contributed by atoms with Crippen LogP contribution in [0.4, 0.5) is 4.39 Å². The SMILES string of the molecule is Cc1ccc(C(C)NC(C)C(=O)NC(C)(C)C)cc1F. The van der Waals surface area contributed by atoms with Gasteiger partial charge in [0.25, 0.3) is 0 Å². The molecule has 0 fully saturated rings. The van der Waals surface area contributed by atoms with Crippen molar-refractivity contribution in [3.05, 3.63) is 35.1 Å². The van der Waals surface area contributed by atoms with Gasteiger partial charge in [-0.05, 0) is 58.7 Å². The van der Waals surface area contributed by atoms with Crippen LogP contribution in [0, 0.1) is 12.7 Å². The first kappa shape index (κ1) is 16.6. The average Bonchev–Trinajstić information content (AvgIpc) is 2.30. The highest BCUT2D eigenvalue weighted by Gasteiger charge is 2.21. The fourth-order valence-electron chi connectivity index (χ4n) is 1.90. The number of benzene rings is 1. The highest BCUT2D eigenvalue weighted by Crippen LogP contribution is 2.17. The van der Waals surface area contributed by atoms with Crippen LogP contribution >= 0.6 is 0 Å². The molecule has 0 aromatic heterocycles. The largest absolute Gasteiger partial charge is 0.350 e. The zero-order chi connectivity index (χ0) is 15.5. The second-order valence-corrected chi connectivity index (χ2v) is 6.36. The van der Waals surface area contributed by atoms with Gasteiger partial charge in [-0.25, -0.2) is 4.39 Å². The van der Waals surface area contributed by atoms with Crippen molar-refractivity contribution < 1.29 is 9.18 Å². The fourth-order valence-corrected chi connectivity index (χ4v) is 1.90. The molecule has 0 radical (unpaired) electrons. The minimum atomic E-state index is -0.339. The van der Waals surface area contributed by atoms with Crippen LogP contribution in [0.5, 0.6) is 0 Å². The lowest BCUT2D eigenvalue weighted by Crippen LogP contribution is -2.49. The Morgan fingerprint density at radius 1 is 1.25 bits per heavy atom. The number of halogens is 1. The summed E-state index contributed by atoms with van der Waals surface area (Å²) in [5.74, 6) is -0.278. The molecule has 1 amide bonds. The van der Waals surface area contributed by atoms with Crippen molar-refractivity contribution in [1.82, 2.24) is 10.6 Å². The summed E-state index contributed by atoms with van der Waals surface area (Å²) in [6.07, 6.45) is 0. The predicted octanol–water partition coefficient (Wildman–Crippen LogP) is 3.09. The molecule has 1 aromatic carbocycles. The van der Waals surface area contributed by atoms with E-state index in [4.69, 9.17) is 0 Å². The molecule has 3 nitrogen and oxygen atoms in total. The van der Waals surface area contributed by atoms with Gasteiger partial charge in [0.1, 0.15) is 5.82 Å². The lowest BCUT2D eigenvalue weighted by Gasteiger charge is -2.25. The van der Waals surface area contributed by atoms with Gasteiger partial charge in [0, 0.05) is 11.6 Å². The Hall–Kier alpha value is -1.42. The third kappa shape index (κ3) is 4.93. The normalized spacial score (nSPS) is 14.8. The highest BCUT2D eigenvalue weighted by molar-refractivity contribution is 5.81. The molecular weight excluding hydrogens is 255 g/mol. The molecule has 0 heterocycles. The first-order valence-corrected chi connectivity index (χ1v) is 6.94. The van der Waals surface area contributed by atoms with Crippen LogP contribution < -0.4 is 10.6 Å². The van der Waals surface area contributed by atoms with Gasteiger partial charge in [-0.1, -0.05) is 12.1 Å². The molecule has 2 N–H and O–H groups in total. The molecule has 4 heteroatoms. The Morgan fingerprint density at radius 2 is 1.85 bits per heavy atom. The van der Waals surface area contributed by atoms with Gasteiger partial charge in [0.15, 0.2) is 0 Å². The summed E-state index contributed by atoms with van der Waals surface area (Å²) in [6, 6.07) is 4.72. The molecule has 0 aliphatic carbocycles. The Morgan fingerprint density at radius 3 is 2.35 bits per heavy atom. The van der Waals surface area contributed by atoms with E-state index in [2.05, 4.69) is 10.6 Å². The maximum Gasteiger partial charge on any atom is 0.237 e. The Labute approximate surface area is 121 Å². The Balaban J connectivity index is 2.67. The first-order chi connectivity index (χ1) is 9.10. The number of carbonyl (C=O) groups excluding carboxylic acids is 1. The van der Waals surface area contributed by atoms with Crippen LogP contribution in [0.1, 0.15) is 51.8 Å². The third-order valence-electron chi connectivity index (χ3n) is 3.09. The second kappa shape index (κ2) is 6.35. The van der Waals surface area contributed by atoms with Gasteiger partial charge in [-0.3, -0.25) is 10.1 Å². The van der Waals surface area contributed by atoms with E-state index in [-0.39, 0.29) is 29.3 Å². The van der Waals surface area contributed by atoms with E-state index < -0.39 is 0 Å². The first-order valence-electron chi connectivity index (χ1n) is 6.94. The maximum absolute atomic E-state index is 13.6. The summed E-state index contributed by atoms with van der Waals surface area (Å²) in [5.41, 5.74) is 1.20. The zero-order valence-electron chi connectivity index (χ0n) is 13.2. The molecule has 20 heavy (non-hydrogen) atoms. The van der Waals surface area contributed by atoms with E-state index in [1.807, 2.05) is 40.7 Å². The van der Waals surface area contributed by atoms with Crippen LogP contribution in [0.3, 0.4) is 0 Å². The van der Waals surface area contributed by atoms with Crippen LogP contribution in [0.25, 0.3) is 0 Å². The van der Waals surface area contributed by atoms with Gasteiger partial charge in [0.2, 0.25) is 5.91 Å². The highest BCUT2D eigenvalue weighted by atomic mass is 19.1. The number of hydrogen-bond acceptors (Lipinski definition) is 2. The van der Waals surface area contributed by atoms with Gasteiger partial charge >= 0.3 is 0 Å². The second-order valence-electron chi connectivity index (χ2n) is 6.36. The summed E-state index contributed by atoms with van der Waals surface area (Å²) >= 11 is 0. The van der Waals surface area contributed by atoms with Crippen molar-refractivity contribution in [2.75, 3.05) is 0 Å². The number of nitrogens with one attached hydrogen (secondary N) is 2. The molecular formula is C16H25FN2O. The van der Waals surface area contributed by atoms with E-state index in [1.54, 1.807) is 13.0 Å². The quantitative estimate of drug-likeness (QED) is 0.890. The lowest BCUT2D eigenvalue weighted by molar-refractivity contribution is -0.124. The van der Waals surface area contributed by atoms with Crippen molar-refractivity contribution in [3.8, 4) is 0 Å². The van der Waals surface area contributed by atoms with Crippen molar-refractivity contribution in [2.24, 2.45) is 0 Å². The van der Waals surface area contributed by atoms with Crippen molar-refractivity contribution in [2.45, 2.75) is 59.2 Å². The zero-order valence-corrected chi connectivity index (χ0v) is 13.2. The molecule has 0 spiro atoms. The Bertz CT molecular complexity index is 480. The minimum absolute atomic E-state index is 0.0584. The average molecular weight is 280 g/mol. The molecule has 2 atom stereocenters. The van der Waals surface area contributed by atoms with Crippen LogP contribution in [-0.4, -0.2) is 17.5 Å². The topological polar surface area (TPSA) is 41.1 Å². The third-order valence-corrected chi connectivity index (χ3v) is 3.09. The molecule has 0 saturated carbocycles. The van der Waals surface area contributed by atoms with E-state index in [0.717, 1.165) is 5.56 Å². The minimum Gasteiger partial charge on any atom is -0.350 e. The van der Waals surface area contributed by atoms with E-state index in [1.165, 1.54) is 6.07 Å². The number of rotatable bonds is 4. The molecule has 1 aromatic rings. The van der Waals surface area contributed by atoms with Crippen LogP contribution in [-0.2, 0) is 4.79 Å². The van der Waals surface area contributed by atoms with E-state index >= 15 is 0 Å². The summed E-state index contributed by atoms with van der Waals surface area (Å²) in [5, 5.41) is 6.11. The summed E-state index contributed by atoms with van der Waals surface area (Å²) in [7, 11) is 0. The standard InChI is InChI=1S/C16H25FN2O/c1-10-7-8-13(9-14(10)17)11(2)18-12(3)15(20)19-16(4,5)6/h7-9,11-12,18H,1-6H3,(H,19,20). The van der Waals surface area contributed by atoms with E-state index in [0.29, 0.717) is 5.56 Å². The molecule has 0 bridgehead atoms. The predicted molar refractivity (Wildman–Crippen MR) is 80.0 cm³/mol.